The normalized spacial score (nSPS) is 10.8. The monoisotopic (exact) mass is 225 g/mol. The number of alkyl halides is 3. The van der Waals surface area contributed by atoms with E-state index in [1.165, 1.54) is 6.92 Å². The molecule has 0 N–H and O–H groups in total. The predicted octanol–water partition coefficient (Wildman–Crippen LogP) is -2.29. The summed E-state index contributed by atoms with van der Waals surface area (Å²) in [5, 5.41) is 10.2. The number of aryl methyl sites for hydroxylation is 1. The van der Waals surface area contributed by atoms with Crippen LogP contribution < -0.4 is 24.0 Å². The second-order valence-electron chi connectivity index (χ2n) is 3.03. The maximum absolute atomic E-state index is 12.2. The number of carboxylic acid groups (broad SMARTS) is 1. The quantitative estimate of drug-likeness (QED) is 0.532. The summed E-state index contributed by atoms with van der Waals surface area (Å²) in [7, 11) is 0. The fraction of sp³-hybridized carbons (Fsp3) is 0.333. The van der Waals surface area contributed by atoms with E-state index in [2.05, 4.69) is 4.98 Å². The van der Waals surface area contributed by atoms with Gasteiger partial charge in [0.25, 0.3) is 0 Å². The van der Waals surface area contributed by atoms with Crippen molar-refractivity contribution in [3.8, 4) is 0 Å². The molecule has 0 aliphatic carbocycles. The first kappa shape index (κ1) is 15.0. The molecule has 1 rings (SSSR count). The molecule has 0 amide bonds. The number of hydrogen-bond acceptors (Lipinski definition) is 3. The van der Waals surface area contributed by atoms with E-state index >= 15 is 0 Å². The van der Waals surface area contributed by atoms with Crippen LogP contribution in [0.1, 0.15) is 16.8 Å². The van der Waals surface area contributed by atoms with Crippen LogP contribution in [0.15, 0.2) is 12.3 Å². The van der Waals surface area contributed by atoms with Gasteiger partial charge in [0.15, 0.2) is 0 Å². The van der Waals surface area contributed by atoms with E-state index in [1.807, 2.05) is 0 Å². The molecule has 0 bridgehead atoms. The Hall–Kier alpha value is -0.993. The Balaban J connectivity index is 0.00000225. The van der Waals surface area contributed by atoms with Gasteiger partial charge in [-0.05, 0) is 18.6 Å². The fourth-order valence-electron chi connectivity index (χ4n) is 1.08. The second-order valence-corrected chi connectivity index (χ2v) is 3.03. The van der Waals surface area contributed by atoms with Crippen LogP contribution in [0.2, 0.25) is 0 Å². The van der Waals surface area contributed by atoms with Crippen molar-refractivity contribution in [2.45, 2.75) is 19.5 Å². The minimum absolute atomic E-state index is 0. The summed E-state index contributed by atoms with van der Waals surface area (Å²) in [6.45, 7) is 1.38. The van der Waals surface area contributed by atoms with Gasteiger partial charge in [-0.1, -0.05) is 0 Å². The summed E-state index contributed by atoms with van der Waals surface area (Å²) in [4.78, 5) is 13.7. The SMILES string of the molecule is Cc1cc(C(F)(F)F)cnc1CC(=O)[O-].[Li+]. The number of halogens is 3. The smallest absolute Gasteiger partial charge is 0.550 e. The van der Waals surface area contributed by atoms with Crippen molar-refractivity contribution in [3.05, 3.63) is 29.1 Å². The molecule has 1 aromatic rings. The molecule has 0 unspecified atom stereocenters. The molecule has 0 aliphatic rings. The van der Waals surface area contributed by atoms with Crippen molar-refractivity contribution in [3.63, 3.8) is 0 Å². The molecular weight excluding hydrogens is 218 g/mol. The molecule has 0 atom stereocenters. The molecular formula is C9H7F3LiNO2. The van der Waals surface area contributed by atoms with Crippen LogP contribution in [-0.4, -0.2) is 11.0 Å². The molecule has 7 heteroatoms. The molecule has 1 aromatic heterocycles. The first-order chi connectivity index (χ1) is 6.80. The van der Waals surface area contributed by atoms with Gasteiger partial charge in [0.05, 0.1) is 5.56 Å². The Labute approximate surface area is 102 Å². The third-order valence-corrected chi connectivity index (χ3v) is 1.83. The van der Waals surface area contributed by atoms with Crippen molar-refractivity contribution < 1.29 is 41.9 Å². The van der Waals surface area contributed by atoms with Crippen molar-refractivity contribution in [2.24, 2.45) is 0 Å². The van der Waals surface area contributed by atoms with Gasteiger partial charge in [0.2, 0.25) is 0 Å². The fourth-order valence-corrected chi connectivity index (χ4v) is 1.08. The van der Waals surface area contributed by atoms with Crippen LogP contribution in [0, 0.1) is 6.92 Å². The standard InChI is InChI=1S/C9H8F3NO2.Li/c1-5-2-6(9(10,11)12)4-13-7(5)3-8(14)15;/h2,4H,3H2,1H3,(H,14,15);/q;+1/p-1. The molecule has 0 fully saturated rings. The van der Waals surface area contributed by atoms with Crippen molar-refractivity contribution >= 4 is 5.97 Å². The number of pyridine rings is 1. The summed E-state index contributed by atoms with van der Waals surface area (Å²) in [5.41, 5.74) is -0.612. The minimum Gasteiger partial charge on any atom is -0.550 e. The topological polar surface area (TPSA) is 53.0 Å². The maximum atomic E-state index is 12.2. The van der Waals surface area contributed by atoms with Gasteiger partial charge in [0.1, 0.15) is 0 Å². The zero-order valence-electron chi connectivity index (χ0n) is 8.76. The largest absolute Gasteiger partial charge is 1.00 e. The average molecular weight is 225 g/mol. The molecule has 0 spiro atoms. The number of carbonyl (C=O) groups excluding carboxylic acids is 1. The number of carbonyl (C=O) groups is 1. The van der Waals surface area contributed by atoms with Crippen molar-refractivity contribution in [1.29, 1.82) is 0 Å². The molecule has 0 aromatic carbocycles. The van der Waals surface area contributed by atoms with Gasteiger partial charge in [-0.3, -0.25) is 4.98 Å². The van der Waals surface area contributed by atoms with Gasteiger partial charge in [-0.15, -0.1) is 0 Å². The predicted molar refractivity (Wildman–Crippen MR) is 42.7 cm³/mol. The van der Waals surface area contributed by atoms with Gasteiger partial charge in [-0.2, -0.15) is 13.2 Å². The number of hydrogen-bond donors (Lipinski definition) is 0. The summed E-state index contributed by atoms with van der Waals surface area (Å²) in [6, 6.07) is 0.866. The Bertz CT molecular complexity index is 393. The van der Waals surface area contributed by atoms with Gasteiger partial charge < -0.3 is 9.90 Å². The van der Waals surface area contributed by atoms with E-state index in [9.17, 15) is 23.1 Å². The van der Waals surface area contributed by atoms with Crippen LogP contribution in [0.4, 0.5) is 13.2 Å². The van der Waals surface area contributed by atoms with Crippen molar-refractivity contribution in [2.75, 3.05) is 0 Å². The molecule has 3 nitrogen and oxygen atoms in total. The summed E-state index contributed by atoms with van der Waals surface area (Å²) >= 11 is 0. The van der Waals surface area contributed by atoms with Gasteiger partial charge in [0, 0.05) is 24.3 Å². The molecule has 1 heterocycles. The van der Waals surface area contributed by atoms with E-state index in [1.54, 1.807) is 0 Å². The van der Waals surface area contributed by atoms with Crippen LogP contribution >= 0.6 is 0 Å². The first-order valence-electron chi connectivity index (χ1n) is 4.03. The van der Waals surface area contributed by atoms with E-state index in [4.69, 9.17) is 0 Å². The Morgan fingerprint density at radius 2 is 2.06 bits per heavy atom. The molecule has 16 heavy (non-hydrogen) atoms. The van der Waals surface area contributed by atoms with Gasteiger partial charge >= 0.3 is 25.0 Å². The molecule has 0 radical (unpaired) electrons. The molecule has 0 saturated heterocycles. The minimum atomic E-state index is -4.46. The zero-order chi connectivity index (χ0) is 11.6. The first-order valence-corrected chi connectivity index (χ1v) is 4.03. The van der Waals surface area contributed by atoms with E-state index in [0.717, 1.165) is 6.07 Å². The Morgan fingerprint density at radius 3 is 2.44 bits per heavy atom. The number of aromatic nitrogens is 1. The maximum Gasteiger partial charge on any atom is 1.00 e. The summed E-state index contributed by atoms with van der Waals surface area (Å²) < 4.78 is 36.6. The number of aliphatic carboxylic acids is 1. The van der Waals surface area contributed by atoms with E-state index in [0.29, 0.717) is 6.20 Å². The molecule has 0 aliphatic heterocycles. The number of rotatable bonds is 2. The Kier molecular flexibility index (Phi) is 5.04. The van der Waals surface area contributed by atoms with Crippen LogP contribution in [0.5, 0.6) is 0 Å². The summed E-state index contributed by atoms with van der Waals surface area (Å²) in [5.74, 6) is -1.37. The average Bonchev–Trinajstić information content (AvgIpc) is 2.05. The molecule has 0 saturated carbocycles. The number of nitrogens with zero attached hydrogens (tertiary/aromatic N) is 1. The third-order valence-electron chi connectivity index (χ3n) is 1.83. The third kappa shape index (κ3) is 3.87. The Morgan fingerprint density at radius 1 is 1.50 bits per heavy atom. The van der Waals surface area contributed by atoms with Crippen LogP contribution in [-0.2, 0) is 17.4 Å². The van der Waals surface area contributed by atoms with Crippen LogP contribution in [0.3, 0.4) is 0 Å². The second kappa shape index (κ2) is 5.37. The zero-order valence-corrected chi connectivity index (χ0v) is 8.76. The van der Waals surface area contributed by atoms with E-state index in [-0.39, 0.29) is 30.1 Å². The number of carboxylic acids is 1. The van der Waals surface area contributed by atoms with E-state index < -0.39 is 24.1 Å². The summed E-state index contributed by atoms with van der Waals surface area (Å²) in [6.07, 6.45) is -4.33. The molecule has 82 valence electrons. The van der Waals surface area contributed by atoms with Gasteiger partial charge in [-0.25, -0.2) is 0 Å². The van der Waals surface area contributed by atoms with Crippen LogP contribution in [0.25, 0.3) is 0 Å². The van der Waals surface area contributed by atoms with Crippen molar-refractivity contribution in [1.82, 2.24) is 4.98 Å².